The topological polar surface area (TPSA) is 76.2 Å². The quantitative estimate of drug-likeness (QED) is 0.570. The molecule has 1 aromatic heterocycles. The number of thioether (sulfide) groups is 1. The zero-order chi connectivity index (χ0) is 19.9. The van der Waals surface area contributed by atoms with Gasteiger partial charge in [0.15, 0.2) is 6.10 Å². The van der Waals surface area contributed by atoms with Crippen LogP contribution in [0.15, 0.2) is 48.5 Å². The van der Waals surface area contributed by atoms with Crippen LogP contribution < -0.4 is 14.8 Å². The maximum Gasteiger partial charge on any atom is 0.261 e. The summed E-state index contributed by atoms with van der Waals surface area (Å²) < 4.78 is 10.9. The molecule has 3 aromatic rings. The Morgan fingerprint density at radius 3 is 2.57 bits per heavy atom. The smallest absolute Gasteiger partial charge is 0.261 e. The van der Waals surface area contributed by atoms with Crippen molar-refractivity contribution >= 4 is 28.7 Å². The first-order valence-corrected chi connectivity index (χ1v) is 10.5. The number of aromatic nitrogens is 2. The summed E-state index contributed by atoms with van der Waals surface area (Å²) in [5.41, 5.74) is 1.85. The number of aromatic amines is 1. The van der Waals surface area contributed by atoms with Gasteiger partial charge in [-0.3, -0.25) is 4.79 Å². The van der Waals surface area contributed by atoms with E-state index in [0.717, 1.165) is 34.8 Å². The first-order chi connectivity index (χ1) is 13.6. The normalized spacial score (nSPS) is 13.1. The van der Waals surface area contributed by atoms with E-state index in [1.807, 2.05) is 30.5 Å². The molecule has 6 nitrogen and oxygen atoms in total. The summed E-state index contributed by atoms with van der Waals surface area (Å²) in [7, 11) is 1.61. The van der Waals surface area contributed by atoms with Crippen molar-refractivity contribution in [1.29, 1.82) is 0 Å². The van der Waals surface area contributed by atoms with Crippen LogP contribution in [0.4, 0.5) is 0 Å². The molecule has 0 aliphatic carbocycles. The van der Waals surface area contributed by atoms with Crippen molar-refractivity contribution in [1.82, 2.24) is 15.3 Å². The maximum atomic E-state index is 12.7. The molecule has 0 bridgehead atoms. The molecule has 148 valence electrons. The Balaban J connectivity index is 1.69. The van der Waals surface area contributed by atoms with E-state index in [4.69, 9.17) is 9.47 Å². The average molecular weight is 400 g/mol. The number of hydrogen-bond donors (Lipinski definition) is 2. The van der Waals surface area contributed by atoms with Crippen molar-refractivity contribution in [2.75, 3.05) is 19.1 Å². The number of para-hydroxylation sites is 2. The van der Waals surface area contributed by atoms with Crippen molar-refractivity contribution in [3.05, 3.63) is 54.4 Å². The number of rotatable bonds is 9. The second kappa shape index (κ2) is 9.50. The predicted molar refractivity (Wildman–Crippen MR) is 113 cm³/mol. The Hall–Kier alpha value is -2.67. The maximum absolute atomic E-state index is 12.7. The first-order valence-electron chi connectivity index (χ1n) is 9.15. The number of ether oxygens (including phenoxy) is 2. The second-order valence-corrected chi connectivity index (χ2v) is 7.40. The van der Waals surface area contributed by atoms with Gasteiger partial charge in [-0.15, -0.1) is 0 Å². The third-order valence-electron chi connectivity index (χ3n) is 4.41. The molecule has 0 spiro atoms. The lowest BCUT2D eigenvalue weighted by atomic mass is 10.2. The predicted octanol–water partition coefficient (Wildman–Crippen LogP) is 3.95. The van der Waals surface area contributed by atoms with E-state index in [1.165, 1.54) is 0 Å². The summed E-state index contributed by atoms with van der Waals surface area (Å²) in [6.45, 7) is 1.74. The average Bonchev–Trinajstić information content (AvgIpc) is 3.15. The molecule has 0 aliphatic rings. The van der Waals surface area contributed by atoms with Gasteiger partial charge in [0.2, 0.25) is 0 Å². The molecule has 0 radical (unpaired) electrons. The molecular formula is C21H25N3O3S. The van der Waals surface area contributed by atoms with E-state index in [9.17, 15) is 4.79 Å². The van der Waals surface area contributed by atoms with Gasteiger partial charge >= 0.3 is 0 Å². The molecule has 28 heavy (non-hydrogen) atoms. The highest BCUT2D eigenvalue weighted by molar-refractivity contribution is 7.98. The Morgan fingerprint density at radius 1 is 1.18 bits per heavy atom. The van der Waals surface area contributed by atoms with Crippen LogP contribution in [0.2, 0.25) is 0 Å². The van der Waals surface area contributed by atoms with E-state index >= 15 is 0 Å². The second-order valence-electron chi connectivity index (χ2n) is 6.42. The molecular weight excluding hydrogens is 374 g/mol. The molecule has 7 heteroatoms. The highest BCUT2D eigenvalue weighted by Crippen LogP contribution is 2.21. The van der Waals surface area contributed by atoms with E-state index in [0.29, 0.717) is 5.75 Å². The van der Waals surface area contributed by atoms with Gasteiger partial charge < -0.3 is 19.8 Å². The number of imidazole rings is 1. The van der Waals surface area contributed by atoms with Crippen molar-refractivity contribution in [3.8, 4) is 11.5 Å². The Morgan fingerprint density at radius 2 is 1.89 bits per heavy atom. The zero-order valence-electron chi connectivity index (χ0n) is 16.3. The minimum atomic E-state index is -0.630. The van der Waals surface area contributed by atoms with Gasteiger partial charge in [0.05, 0.1) is 24.2 Å². The third kappa shape index (κ3) is 4.98. The van der Waals surface area contributed by atoms with E-state index in [-0.39, 0.29) is 11.9 Å². The number of carbonyl (C=O) groups is 1. The van der Waals surface area contributed by atoms with Crippen molar-refractivity contribution in [2.24, 2.45) is 0 Å². The van der Waals surface area contributed by atoms with E-state index in [2.05, 4.69) is 15.3 Å². The number of fused-ring (bicyclic) bond motifs is 1. The van der Waals surface area contributed by atoms with E-state index < -0.39 is 6.10 Å². The van der Waals surface area contributed by atoms with Crippen LogP contribution in [0.5, 0.6) is 11.5 Å². The Labute approximate surface area is 169 Å². The summed E-state index contributed by atoms with van der Waals surface area (Å²) in [5.74, 6) is 2.86. The number of carbonyl (C=O) groups excluding carboxylic acids is 1. The van der Waals surface area contributed by atoms with Crippen LogP contribution >= 0.6 is 11.8 Å². The number of hydrogen-bond acceptors (Lipinski definition) is 5. The van der Waals surface area contributed by atoms with Crippen molar-refractivity contribution in [3.63, 3.8) is 0 Å². The molecule has 1 heterocycles. The fraction of sp³-hybridized carbons (Fsp3) is 0.333. The molecule has 3 rings (SSSR count). The standard InChI is InChI=1S/C21H25N3O3S/c1-14(27-16-10-8-15(26-2)9-11-16)21(25)24-19(12-13-28-3)20-22-17-6-4-5-7-18(17)23-20/h4-11,14,19H,12-13H2,1-3H3,(H,22,23)(H,24,25)/t14-,19-/m0/s1. The van der Waals surface area contributed by atoms with Gasteiger partial charge in [-0.1, -0.05) is 12.1 Å². The van der Waals surface area contributed by atoms with Gasteiger partial charge in [0, 0.05) is 0 Å². The molecule has 2 atom stereocenters. The van der Waals surface area contributed by atoms with Gasteiger partial charge in [0.1, 0.15) is 17.3 Å². The zero-order valence-corrected chi connectivity index (χ0v) is 17.1. The van der Waals surface area contributed by atoms with Crippen LogP contribution in [0, 0.1) is 0 Å². The first kappa shape index (κ1) is 20.1. The number of nitrogens with zero attached hydrogens (tertiary/aromatic N) is 1. The lowest BCUT2D eigenvalue weighted by molar-refractivity contribution is -0.128. The minimum absolute atomic E-state index is 0.178. The van der Waals surface area contributed by atoms with Crippen LogP contribution in [0.3, 0.4) is 0 Å². The molecule has 0 unspecified atom stereocenters. The van der Waals surface area contributed by atoms with Crippen LogP contribution in [-0.4, -0.2) is 41.1 Å². The Bertz CT molecular complexity index is 878. The minimum Gasteiger partial charge on any atom is -0.497 e. The van der Waals surface area contributed by atoms with Crippen LogP contribution in [-0.2, 0) is 4.79 Å². The Kier molecular flexibility index (Phi) is 6.81. The molecule has 1 amide bonds. The van der Waals surface area contributed by atoms with Crippen LogP contribution in [0.25, 0.3) is 11.0 Å². The van der Waals surface area contributed by atoms with E-state index in [1.54, 1.807) is 50.1 Å². The molecule has 2 aromatic carbocycles. The summed E-state index contributed by atoms with van der Waals surface area (Å²) in [5, 5.41) is 3.08. The van der Waals surface area contributed by atoms with Gasteiger partial charge in [-0.05, 0) is 61.8 Å². The number of H-pyrrole nitrogens is 1. The number of nitrogens with one attached hydrogen (secondary N) is 2. The van der Waals surface area contributed by atoms with Gasteiger partial charge in [-0.25, -0.2) is 4.98 Å². The van der Waals surface area contributed by atoms with Gasteiger partial charge in [0.25, 0.3) is 5.91 Å². The fourth-order valence-corrected chi connectivity index (χ4v) is 3.32. The SMILES string of the molecule is COc1ccc(O[C@@H](C)C(=O)N[C@@H](CCSC)c2nc3ccccc3[nH]2)cc1. The highest BCUT2D eigenvalue weighted by atomic mass is 32.2. The van der Waals surface area contributed by atoms with Gasteiger partial charge in [-0.2, -0.15) is 11.8 Å². The summed E-state index contributed by atoms with van der Waals surface area (Å²) in [6, 6.07) is 14.8. The number of benzene rings is 2. The third-order valence-corrected chi connectivity index (χ3v) is 5.05. The monoisotopic (exact) mass is 399 g/mol. The lowest BCUT2D eigenvalue weighted by Crippen LogP contribution is -2.39. The largest absolute Gasteiger partial charge is 0.497 e. The molecule has 0 saturated heterocycles. The molecule has 0 saturated carbocycles. The van der Waals surface area contributed by atoms with Crippen LogP contribution in [0.1, 0.15) is 25.2 Å². The molecule has 0 aliphatic heterocycles. The lowest BCUT2D eigenvalue weighted by Gasteiger charge is -2.20. The highest BCUT2D eigenvalue weighted by Gasteiger charge is 2.22. The molecule has 2 N–H and O–H groups in total. The fourth-order valence-electron chi connectivity index (χ4n) is 2.85. The molecule has 0 fully saturated rings. The number of amides is 1. The number of methoxy groups -OCH3 is 1. The summed E-state index contributed by atoms with van der Waals surface area (Å²) >= 11 is 1.74. The van der Waals surface area contributed by atoms with Crippen molar-refractivity contribution < 1.29 is 14.3 Å². The summed E-state index contributed by atoms with van der Waals surface area (Å²) in [6.07, 6.45) is 2.20. The van der Waals surface area contributed by atoms with Crippen molar-refractivity contribution in [2.45, 2.75) is 25.5 Å². The summed E-state index contributed by atoms with van der Waals surface area (Å²) in [4.78, 5) is 20.7.